The van der Waals surface area contributed by atoms with Gasteiger partial charge in [0.05, 0.1) is 11.4 Å². The van der Waals surface area contributed by atoms with Crippen molar-refractivity contribution in [3.05, 3.63) is 66.6 Å². The van der Waals surface area contributed by atoms with Gasteiger partial charge in [0.15, 0.2) is 0 Å². The summed E-state index contributed by atoms with van der Waals surface area (Å²) in [5.74, 6) is 0. The largest absolute Gasteiger partial charge is 0.310 e. The Hall–Kier alpha value is -2.50. The van der Waals surface area contributed by atoms with E-state index in [0.29, 0.717) is 12.1 Å². The average Bonchev–Trinajstić information content (AvgIpc) is 3.18. The molecule has 5 nitrogen and oxygen atoms in total. The van der Waals surface area contributed by atoms with Crippen LogP contribution >= 0.6 is 0 Å². The average molecular weight is 376 g/mol. The van der Waals surface area contributed by atoms with Crippen LogP contribution in [0, 0.1) is 0 Å². The van der Waals surface area contributed by atoms with E-state index in [0.717, 1.165) is 23.5 Å². The molecular weight excluding hydrogens is 346 g/mol. The molecule has 0 atom stereocenters. The van der Waals surface area contributed by atoms with Crippen molar-refractivity contribution < 1.29 is 0 Å². The summed E-state index contributed by atoms with van der Waals surface area (Å²) in [6, 6.07) is 15.5. The molecule has 0 unspecified atom stereocenters. The van der Waals surface area contributed by atoms with E-state index in [1.54, 1.807) is 6.20 Å². The van der Waals surface area contributed by atoms with Crippen LogP contribution in [0.3, 0.4) is 0 Å². The number of nitrogens with one attached hydrogen (secondary N) is 1. The van der Waals surface area contributed by atoms with Crippen molar-refractivity contribution in [3.8, 4) is 16.9 Å². The Morgan fingerprint density at radius 1 is 1.07 bits per heavy atom. The lowest BCUT2D eigenvalue weighted by Gasteiger charge is -2.35. The number of nitrogens with zero attached hydrogens (tertiary/aromatic N) is 4. The molecule has 0 bridgehead atoms. The lowest BCUT2D eigenvalue weighted by Crippen LogP contribution is -2.44. The lowest BCUT2D eigenvalue weighted by atomic mass is 10.0. The number of hydrogen-bond donors (Lipinski definition) is 1. The zero-order valence-electron chi connectivity index (χ0n) is 16.8. The molecule has 0 aliphatic carbocycles. The van der Waals surface area contributed by atoms with Gasteiger partial charge in [-0.1, -0.05) is 18.2 Å². The number of piperidine rings is 1. The van der Waals surface area contributed by atoms with Crippen molar-refractivity contribution in [2.45, 2.75) is 45.3 Å². The van der Waals surface area contributed by atoms with Gasteiger partial charge in [-0.25, -0.2) is 4.68 Å². The number of benzene rings is 1. The minimum atomic E-state index is 0.567. The first-order valence-electron chi connectivity index (χ1n) is 10.2. The highest BCUT2D eigenvalue weighted by atomic mass is 15.3. The highest BCUT2D eigenvalue weighted by Crippen LogP contribution is 2.23. The van der Waals surface area contributed by atoms with Gasteiger partial charge in [0.25, 0.3) is 0 Å². The molecule has 1 aliphatic rings. The standard InChI is InChI=1S/C23H29N5/c1-18(2)27-13-10-21(11-14-27)25-16-20-17-28(22-8-4-3-5-9-22)26-23(20)19-7-6-12-24-15-19/h3-9,12,15,17-18,21,25H,10-11,13-14,16H2,1-2H3. The van der Waals surface area contributed by atoms with Crippen molar-refractivity contribution in [3.63, 3.8) is 0 Å². The molecule has 1 aromatic carbocycles. The van der Waals surface area contributed by atoms with Gasteiger partial charge in [0.2, 0.25) is 0 Å². The number of rotatable bonds is 6. The van der Waals surface area contributed by atoms with Crippen LogP contribution in [0.15, 0.2) is 61.1 Å². The maximum absolute atomic E-state index is 4.88. The zero-order chi connectivity index (χ0) is 19.3. The molecule has 3 aromatic rings. The minimum Gasteiger partial charge on any atom is -0.310 e. The van der Waals surface area contributed by atoms with Gasteiger partial charge in [0, 0.05) is 48.3 Å². The van der Waals surface area contributed by atoms with Crippen molar-refractivity contribution in [2.24, 2.45) is 0 Å². The maximum Gasteiger partial charge on any atom is 0.0988 e. The van der Waals surface area contributed by atoms with Gasteiger partial charge >= 0.3 is 0 Å². The molecule has 0 saturated carbocycles. The van der Waals surface area contributed by atoms with E-state index >= 15 is 0 Å². The summed E-state index contributed by atoms with van der Waals surface area (Å²) in [5.41, 5.74) is 4.35. The molecule has 28 heavy (non-hydrogen) atoms. The SMILES string of the molecule is CC(C)N1CCC(NCc2cn(-c3ccccc3)nc2-c2cccnc2)CC1. The van der Waals surface area contributed by atoms with Crippen LogP contribution < -0.4 is 5.32 Å². The fraction of sp³-hybridized carbons (Fsp3) is 0.391. The molecule has 4 rings (SSSR count). The highest BCUT2D eigenvalue weighted by molar-refractivity contribution is 5.62. The molecular formula is C23H29N5. The van der Waals surface area contributed by atoms with E-state index in [1.807, 2.05) is 35.1 Å². The van der Waals surface area contributed by atoms with E-state index in [9.17, 15) is 0 Å². The highest BCUT2D eigenvalue weighted by Gasteiger charge is 2.21. The first-order chi connectivity index (χ1) is 13.7. The molecule has 1 aliphatic heterocycles. The maximum atomic E-state index is 4.88. The summed E-state index contributed by atoms with van der Waals surface area (Å²) in [7, 11) is 0. The van der Waals surface area contributed by atoms with Gasteiger partial charge in [0.1, 0.15) is 0 Å². The molecule has 2 aromatic heterocycles. The third kappa shape index (κ3) is 4.32. The predicted octanol–water partition coefficient (Wildman–Crippen LogP) is 3.90. The zero-order valence-corrected chi connectivity index (χ0v) is 16.8. The Kier molecular flexibility index (Phi) is 5.84. The number of hydrogen-bond acceptors (Lipinski definition) is 4. The number of pyridine rings is 1. The third-order valence-corrected chi connectivity index (χ3v) is 5.59. The van der Waals surface area contributed by atoms with Crippen LogP contribution in [-0.2, 0) is 6.54 Å². The first-order valence-corrected chi connectivity index (χ1v) is 10.2. The number of likely N-dealkylation sites (tertiary alicyclic amines) is 1. The van der Waals surface area contributed by atoms with Crippen molar-refractivity contribution in [1.82, 2.24) is 25.0 Å². The lowest BCUT2D eigenvalue weighted by molar-refractivity contribution is 0.161. The Balaban J connectivity index is 1.52. The fourth-order valence-electron chi connectivity index (χ4n) is 3.87. The molecule has 1 saturated heterocycles. The number of aromatic nitrogens is 3. The number of para-hydroxylation sites is 1. The smallest absolute Gasteiger partial charge is 0.0988 e. The van der Waals surface area contributed by atoms with E-state index in [4.69, 9.17) is 5.10 Å². The molecule has 5 heteroatoms. The predicted molar refractivity (Wildman–Crippen MR) is 113 cm³/mol. The van der Waals surface area contributed by atoms with E-state index in [1.165, 1.54) is 31.5 Å². The summed E-state index contributed by atoms with van der Waals surface area (Å²) in [4.78, 5) is 6.85. The van der Waals surface area contributed by atoms with Crippen LogP contribution in [0.1, 0.15) is 32.3 Å². The van der Waals surface area contributed by atoms with E-state index in [-0.39, 0.29) is 0 Å². The van der Waals surface area contributed by atoms with Crippen LogP contribution in [0.5, 0.6) is 0 Å². The quantitative estimate of drug-likeness (QED) is 0.710. The van der Waals surface area contributed by atoms with Gasteiger partial charge in [-0.05, 0) is 64.0 Å². The monoisotopic (exact) mass is 375 g/mol. The molecule has 0 spiro atoms. The summed E-state index contributed by atoms with van der Waals surface area (Å²) in [6.07, 6.45) is 8.24. The first kappa shape index (κ1) is 18.8. The van der Waals surface area contributed by atoms with Crippen LogP contribution in [0.2, 0.25) is 0 Å². The van der Waals surface area contributed by atoms with Gasteiger partial charge < -0.3 is 10.2 Å². The normalized spacial score (nSPS) is 16.0. The van der Waals surface area contributed by atoms with Crippen LogP contribution in [0.4, 0.5) is 0 Å². The summed E-state index contributed by atoms with van der Waals surface area (Å²) in [5, 5.41) is 8.65. The van der Waals surface area contributed by atoms with Crippen molar-refractivity contribution >= 4 is 0 Å². The molecule has 0 radical (unpaired) electrons. The van der Waals surface area contributed by atoms with Crippen molar-refractivity contribution in [1.29, 1.82) is 0 Å². The molecule has 1 N–H and O–H groups in total. The van der Waals surface area contributed by atoms with Gasteiger partial charge in [-0.3, -0.25) is 4.98 Å². The van der Waals surface area contributed by atoms with E-state index in [2.05, 4.69) is 53.4 Å². The summed E-state index contributed by atoms with van der Waals surface area (Å²) in [6.45, 7) is 7.74. The summed E-state index contributed by atoms with van der Waals surface area (Å²) >= 11 is 0. The third-order valence-electron chi connectivity index (χ3n) is 5.59. The Morgan fingerprint density at radius 3 is 2.54 bits per heavy atom. The van der Waals surface area contributed by atoms with Crippen molar-refractivity contribution in [2.75, 3.05) is 13.1 Å². The Labute approximate surface area is 167 Å². The van der Waals surface area contributed by atoms with Gasteiger partial charge in [-0.2, -0.15) is 5.10 Å². The molecule has 146 valence electrons. The van der Waals surface area contributed by atoms with E-state index < -0.39 is 0 Å². The topological polar surface area (TPSA) is 46.0 Å². The fourth-order valence-corrected chi connectivity index (χ4v) is 3.87. The van der Waals surface area contributed by atoms with Crippen LogP contribution in [-0.4, -0.2) is 44.8 Å². The molecule has 1 fully saturated rings. The molecule has 0 amide bonds. The minimum absolute atomic E-state index is 0.567. The molecule has 3 heterocycles. The second-order valence-electron chi connectivity index (χ2n) is 7.81. The van der Waals surface area contributed by atoms with Gasteiger partial charge in [-0.15, -0.1) is 0 Å². The second-order valence-corrected chi connectivity index (χ2v) is 7.81. The second kappa shape index (κ2) is 8.67. The Morgan fingerprint density at radius 2 is 1.86 bits per heavy atom. The Bertz CT molecular complexity index is 865. The summed E-state index contributed by atoms with van der Waals surface area (Å²) < 4.78 is 1.97. The van der Waals surface area contributed by atoms with Crippen LogP contribution in [0.25, 0.3) is 16.9 Å².